The Kier molecular flexibility index (Phi) is 11.3. The fourth-order valence-electron chi connectivity index (χ4n) is 2.36. The number of rotatable bonds is 9. The summed E-state index contributed by atoms with van der Waals surface area (Å²) < 4.78 is 48.0. The van der Waals surface area contributed by atoms with Crippen molar-refractivity contribution < 1.29 is 22.6 Å². The van der Waals surface area contributed by atoms with E-state index in [2.05, 4.69) is 20.6 Å². The van der Waals surface area contributed by atoms with Gasteiger partial charge < -0.3 is 20.1 Å². The number of alkyl halides is 3. The summed E-state index contributed by atoms with van der Waals surface area (Å²) >= 11 is 0. The summed E-state index contributed by atoms with van der Waals surface area (Å²) in [5.74, 6) is 1.38. The molecule has 0 aliphatic heterocycles. The van der Waals surface area contributed by atoms with Crippen molar-refractivity contribution in [1.29, 1.82) is 0 Å². The van der Waals surface area contributed by atoms with Gasteiger partial charge in [-0.05, 0) is 37.6 Å². The van der Waals surface area contributed by atoms with Crippen LogP contribution in [0.3, 0.4) is 0 Å². The molecule has 0 fully saturated rings. The molecule has 2 aromatic rings. The fourth-order valence-corrected chi connectivity index (χ4v) is 2.36. The molecule has 0 bridgehead atoms. The normalized spacial score (nSPS) is 11.4. The molecular weight excluding hydrogens is 512 g/mol. The maximum atomic E-state index is 12.5. The lowest BCUT2D eigenvalue weighted by molar-refractivity contribution is -0.153. The van der Waals surface area contributed by atoms with Crippen molar-refractivity contribution >= 4 is 29.9 Å². The molecular formula is C20H26F3IN4O2. The number of aryl methyl sites for hydroxylation is 1. The number of nitrogens with zero attached hydrogens (tertiary/aromatic N) is 2. The zero-order chi connectivity index (χ0) is 21.1. The van der Waals surface area contributed by atoms with Gasteiger partial charge in [-0.25, -0.2) is 4.99 Å². The van der Waals surface area contributed by atoms with Gasteiger partial charge in [0.15, 0.2) is 12.6 Å². The van der Waals surface area contributed by atoms with E-state index in [-0.39, 0.29) is 36.3 Å². The molecule has 0 amide bonds. The molecule has 6 nitrogen and oxygen atoms in total. The van der Waals surface area contributed by atoms with Gasteiger partial charge in [-0.3, -0.25) is 4.98 Å². The molecule has 1 heterocycles. The van der Waals surface area contributed by atoms with E-state index in [1.54, 1.807) is 37.5 Å². The molecule has 30 heavy (non-hydrogen) atoms. The summed E-state index contributed by atoms with van der Waals surface area (Å²) in [4.78, 5) is 8.40. The highest BCUT2D eigenvalue weighted by Crippen LogP contribution is 2.24. The summed E-state index contributed by atoms with van der Waals surface area (Å²) in [5.41, 5.74) is 1.39. The SMILES string of the molecule is CCNC(=NCc1ccc(C)cc1OCC(F)(F)F)NCCOc1cccnc1.I. The number of hydrogen-bond acceptors (Lipinski definition) is 4. The fraction of sp³-hybridized carbons (Fsp3) is 0.400. The van der Waals surface area contributed by atoms with Gasteiger partial charge in [0.25, 0.3) is 0 Å². The molecule has 0 saturated heterocycles. The Hall–Kier alpha value is -2.24. The first kappa shape index (κ1) is 25.8. The smallest absolute Gasteiger partial charge is 0.422 e. The highest BCUT2D eigenvalue weighted by atomic mass is 127. The average Bonchev–Trinajstić information content (AvgIpc) is 2.69. The van der Waals surface area contributed by atoms with E-state index in [0.717, 1.165) is 5.56 Å². The Morgan fingerprint density at radius 2 is 1.97 bits per heavy atom. The Bertz CT molecular complexity index is 789. The third-order valence-corrected chi connectivity index (χ3v) is 3.66. The van der Waals surface area contributed by atoms with Crippen LogP contribution >= 0.6 is 24.0 Å². The molecule has 0 unspecified atom stereocenters. The molecule has 0 radical (unpaired) electrons. The number of nitrogens with one attached hydrogen (secondary N) is 2. The molecule has 1 aromatic heterocycles. The van der Waals surface area contributed by atoms with Crippen LogP contribution in [0.25, 0.3) is 0 Å². The van der Waals surface area contributed by atoms with Crippen molar-refractivity contribution in [3.05, 3.63) is 53.9 Å². The summed E-state index contributed by atoms with van der Waals surface area (Å²) in [5, 5.41) is 6.21. The number of hydrogen-bond donors (Lipinski definition) is 2. The minimum atomic E-state index is -4.39. The van der Waals surface area contributed by atoms with Crippen molar-refractivity contribution in [3.8, 4) is 11.5 Å². The lowest BCUT2D eigenvalue weighted by Gasteiger charge is -2.14. The second-order valence-electron chi connectivity index (χ2n) is 6.17. The third-order valence-electron chi connectivity index (χ3n) is 3.66. The van der Waals surface area contributed by atoms with Crippen LogP contribution in [0, 0.1) is 6.92 Å². The topological polar surface area (TPSA) is 67.8 Å². The lowest BCUT2D eigenvalue weighted by atomic mass is 10.1. The van der Waals surface area contributed by atoms with Gasteiger partial charge in [-0.1, -0.05) is 12.1 Å². The summed E-state index contributed by atoms with van der Waals surface area (Å²) in [6.45, 7) is 4.09. The molecule has 2 N–H and O–H groups in total. The van der Waals surface area contributed by atoms with E-state index in [9.17, 15) is 13.2 Å². The van der Waals surface area contributed by atoms with Gasteiger partial charge in [0.2, 0.25) is 0 Å². The molecule has 2 rings (SSSR count). The van der Waals surface area contributed by atoms with Gasteiger partial charge >= 0.3 is 6.18 Å². The van der Waals surface area contributed by atoms with Crippen molar-refractivity contribution in [1.82, 2.24) is 15.6 Å². The van der Waals surface area contributed by atoms with Gasteiger partial charge in [0.05, 0.1) is 19.3 Å². The monoisotopic (exact) mass is 538 g/mol. The zero-order valence-corrected chi connectivity index (χ0v) is 19.2. The summed E-state index contributed by atoms with van der Waals surface area (Å²) in [6, 6.07) is 8.71. The van der Waals surface area contributed by atoms with Gasteiger partial charge in [-0.2, -0.15) is 13.2 Å². The lowest BCUT2D eigenvalue weighted by Crippen LogP contribution is -2.39. The number of benzene rings is 1. The van der Waals surface area contributed by atoms with Crippen LogP contribution in [0.5, 0.6) is 11.5 Å². The Morgan fingerprint density at radius 3 is 2.63 bits per heavy atom. The Balaban J connectivity index is 0.00000450. The van der Waals surface area contributed by atoms with Crippen LogP contribution in [0.2, 0.25) is 0 Å². The van der Waals surface area contributed by atoms with E-state index >= 15 is 0 Å². The largest absolute Gasteiger partial charge is 0.490 e. The van der Waals surface area contributed by atoms with Crippen LogP contribution in [0.15, 0.2) is 47.7 Å². The number of aliphatic imine (C=N–C) groups is 1. The number of halogens is 4. The molecule has 1 aromatic carbocycles. The van der Waals surface area contributed by atoms with E-state index in [1.165, 1.54) is 0 Å². The van der Waals surface area contributed by atoms with E-state index < -0.39 is 12.8 Å². The number of guanidine groups is 1. The molecule has 0 atom stereocenters. The second-order valence-corrected chi connectivity index (χ2v) is 6.17. The zero-order valence-electron chi connectivity index (χ0n) is 16.8. The van der Waals surface area contributed by atoms with Crippen molar-refractivity contribution in [2.45, 2.75) is 26.6 Å². The van der Waals surface area contributed by atoms with Crippen LogP contribution in [0.1, 0.15) is 18.1 Å². The standard InChI is InChI=1S/C20H25F3N4O2.HI/c1-3-25-19(26-9-10-28-17-5-4-8-24-13-17)27-12-16-7-6-15(2)11-18(16)29-14-20(21,22)23;/h4-8,11,13H,3,9-10,12,14H2,1-2H3,(H2,25,26,27);1H. The number of aromatic nitrogens is 1. The third kappa shape index (κ3) is 9.99. The Labute approximate surface area is 191 Å². The van der Waals surface area contributed by atoms with Gasteiger partial charge in [0, 0.05) is 18.3 Å². The maximum absolute atomic E-state index is 12.5. The average molecular weight is 538 g/mol. The van der Waals surface area contributed by atoms with E-state index in [4.69, 9.17) is 9.47 Å². The Morgan fingerprint density at radius 1 is 1.17 bits per heavy atom. The van der Waals surface area contributed by atoms with Crippen LogP contribution in [-0.2, 0) is 6.54 Å². The first-order valence-electron chi connectivity index (χ1n) is 9.21. The van der Waals surface area contributed by atoms with Crippen LogP contribution in [-0.4, -0.2) is 43.4 Å². The van der Waals surface area contributed by atoms with Crippen molar-refractivity contribution in [2.24, 2.45) is 4.99 Å². The molecule has 0 spiro atoms. The second kappa shape index (κ2) is 13.1. The molecule has 10 heteroatoms. The van der Waals surface area contributed by atoms with Crippen molar-refractivity contribution in [2.75, 3.05) is 26.3 Å². The highest BCUT2D eigenvalue weighted by molar-refractivity contribution is 14.0. The summed E-state index contributed by atoms with van der Waals surface area (Å²) in [6.07, 6.45) is -1.10. The quantitative estimate of drug-likeness (QED) is 0.218. The first-order chi connectivity index (χ1) is 13.9. The molecule has 0 aliphatic carbocycles. The van der Waals surface area contributed by atoms with Crippen LogP contribution < -0.4 is 20.1 Å². The van der Waals surface area contributed by atoms with E-state index in [0.29, 0.717) is 37.0 Å². The minimum absolute atomic E-state index is 0. The first-order valence-corrected chi connectivity index (χ1v) is 9.21. The predicted molar refractivity (Wildman–Crippen MR) is 121 cm³/mol. The number of pyridine rings is 1. The molecule has 0 aliphatic rings. The summed E-state index contributed by atoms with van der Waals surface area (Å²) in [7, 11) is 0. The van der Waals surface area contributed by atoms with Crippen LogP contribution in [0.4, 0.5) is 13.2 Å². The van der Waals surface area contributed by atoms with Crippen molar-refractivity contribution in [3.63, 3.8) is 0 Å². The minimum Gasteiger partial charge on any atom is -0.490 e. The predicted octanol–water partition coefficient (Wildman–Crippen LogP) is 4.08. The molecule has 0 saturated carbocycles. The highest BCUT2D eigenvalue weighted by Gasteiger charge is 2.28. The molecule has 166 valence electrons. The van der Waals surface area contributed by atoms with Gasteiger partial charge in [0.1, 0.15) is 18.1 Å². The number of ether oxygens (including phenoxy) is 2. The maximum Gasteiger partial charge on any atom is 0.422 e. The van der Waals surface area contributed by atoms with Gasteiger partial charge in [-0.15, -0.1) is 24.0 Å². The van der Waals surface area contributed by atoms with E-state index in [1.807, 2.05) is 19.1 Å².